The van der Waals surface area contributed by atoms with Gasteiger partial charge in [0.2, 0.25) is 5.52 Å². The minimum atomic E-state index is -5.03. The first kappa shape index (κ1) is 15.1. The van der Waals surface area contributed by atoms with Crippen LogP contribution in [0.3, 0.4) is 0 Å². The van der Waals surface area contributed by atoms with Crippen molar-refractivity contribution in [3.05, 3.63) is 18.3 Å². The Morgan fingerprint density at radius 3 is 2.11 bits per heavy atom. The van der Waals surface area contributed by atoms with E-state index in [2.05, 4.69) is 4.98 Å². The molecule has 0 saturated heterocycles. The number of ether oxygens (including phenoxy) is 1. The SMILES string of the molecule is COc1ccc(NC(P(=O)(O)O)P(=O)(O)O)nc1. The van der Waals surface area contributed by atoms with Crippen LogP contribution in [0, 0.1) is 0 Å². The van der Waals surface area contributed by atoms with Crippen LogP contribution in [0.5, 0.6) is 5.75 Å². The second-order valence-corrected chi connectivity index (χ2v) is 7.08. The molecule has 1 rings (SSSR count). The van der Waals surface area contributed by atoms with Gasteiger partial charge in [0, 0.05) is 0 Å². The van der Waals surface area contributed by atoms with Gasteiger partial charge in [0.05, 0.1) is 13.3 Å². The van der Waals surface area contributed by atoms with E-state index in [1.165, 1.54) is 25.4 Å². The van der Waals surface area contributed by atoms with E-state index >= 15 is 0 Å². The van der Waals surface area contributed by atoms with E-state index in [4.69, 9.17) is 24.3 Å². The zero-order chi connectivity index (χ0) is 14.0. The van der Waals surface area contributed by atoms with Crippen LogP contribution in [-0.2, 0) is 9.13 Å². The molecule has 1 aromatic heterocycles. The molecule has 0 bridgehead atoms. The summed E-state index contributed by atoms with van der Waals surface area (Å²) in [6.45, 7) is 0. The Hall–Kier alpha value is -0.950. The zero-order valence-corrected chi connectivity index (χ0v) is 11.0. The Labute approximate surface area is 102 Å². The summed E-state index contributed by atoms with van der Waals surface area (Å²) < 4.78 is 26.8. The van der Waals surface area contributed by atoms with E-state index < -0.39 is 20.7 Å². The van der Waals surface area contributed by atoms with Gasteiger partial charge < -0.3 is 29.6 Å². The molecule has 0 radical (unpaired) electrons. The molecule has 0 aromatic carbocycles. The molecule has 0 saturated carbocycles. The molecule has 5 N–H and O–H groups in total. The van der Waals surface area contributed by atoms with Gasteiger partial charge in [-0.1, -0.05) is 0 Å². The number of nitrogens with zero attached hydrogens (tertiary/aromatic N) is 1. The van der Waals surface area contributed by atoms with Gasteiger partial charge in [-0.2, -0.15) is 0 Å². The summed E-state index contributed by atoms with van der Waals surface area (Å²) in [5.74, 6) is 0.303. The van der Waals surface area contributed by atoms with Crippen LogP contribution < -0.4 is 10.1 Å². The van der Waals surface area contributed by atoms with Crippen LogP contribution in [0.2, 0.25) is 0 Å². The third-order valence-corrected chi connectivity index (χ3v) is 5.22. The van der Waals surface area contributed by atoms with Crippen molar-refractivity contribution in [1.29, 1.82) is 0 Å². The summed E-state index contributed by atoms with van der Waals surface area (Å²) in [6.07, 6.45) is 1.23. The standard InChI is InChI=1S/C7H12N2O7P2/c1-16-5-2-3-6(8-4-5)9-7(17(10,11)12)18(13,14)15/h2-4,7H,1H3,(H,8,9)(H2,10,11,12)(H2,13,14,15). The molecule has 11 heteroatoms. The molecule has 102 valence electrons. The molecule has 0 spiro atoms. The Balaban J connectivity index is 2.97. The molecule has 0 amide bonds. The minimum Gasteiger partial charge on any atom is -0.495 e. The largest absolute Gasteiger partial charge is 0.495 e. The summed E-state index contributed by atoms with van der Waals surface area (Å²) in [5, 5.41) is 2.02. The van der Waals surface area contributed by atoms with Crippen molar-refractivity contribution in [3.63, 3.8) is 0 Å². The van der Waals surface area contributed by atoms with Crippen molar-refractivity contribution in [1.82, 2.24) is 4.98 Å². The highest BCUT2D eigenvalue weighted by Gasteiger charge is 2.43. The molecule has 0 aliphatic carbocycles. The molecule has 18 heavy (non-hydrogen) atoms. The van der Waals surface area contributed by atoms with Crippen molar-refractivity contribution in [3.8, 4) is 5.75 Å². The van der Waals surface area contributed by atoms with Gasteiger partial charge in [-0.05, 0) is 12.1 Å². The molecular formula is C7H12N2O7P2. The van der Waals surface area contributed by atoms with Crippen molar-refractivity contribution < 1.29 is 33.4 Å². The molecular weight excluding hydrogens is 286 g/mol. The van der Waals surface area contributed by atoms with Gasteiger partial charge in [0.25, 0.3) is 0 Å². The first-order valence-corrected chi connectivity index (χ1v) is 7.88. The van der Waals surface area contributed by atoms with E-state index in [0.717, 1.165) is 0 Å². The Morgan fingerprint density at radius 1 is 1.22 bits per heavy atom. The van der Waals surface area contributed by atoms with Crippen LogP contribution in [0.15, 0.2) is 18.3 Å². The van der Waals surface area contributed by atoms with Gasteiger partial charge in [0.15, 0.2) is 0 Å². The quantitative estimate of drug-likeness (QED) is 0.478. The van der Waals surface area contributed by atoms with E-state index in [-0.39, 0.29) is 5.82 Å². The first-order chi connectivity index (χ1) is 8.14. The Kier molecular flexibility index (Phi) is 4.50. The maximum atomic E-state index is 11.0. The third-order valence-electron chi connectivity index (χ3n) is 1.89. The number of nitrogens with one attached hydrogen (secondary N) is 1. The van der Waals surface area contributed by atoms with Gasteiger partial charge in [0.1, 0.15) is 11.6 Å². The van der Waals surface area contributed by atoms with Crippen LogP contribution in [0.25, 0.3) is 0 Å². The molecule has 0 fully saturated rings. The number of anilines is 1. The molecule has 1 heterocycles. The van der Waals surface area contributed by atoms with E-state index in [1.807, 2.05) is 5.32 Å². The second kappa shape index (κ2) is 5.36. The summed E-state index contributed by atoms with van der Waals surface area (Å²) >= 11 is 0. The number of hydrogen-bond donors (Lipinski definition) is 5. The minimum absolute atomic E-state index is 0.0903. The van der Waals surface area contributed by atoms with Crippen molar-refractivity contribution >= 4 is 21.0 Å². The van der Waals surface area contributed by atoms with Gasteiger partial charge in [-0.15, -0.1) is 0 Å². The lowest BCUT2D eigenvalue weighted by atomic mass is 10.4. The number of aromatic nitrogens is 1. The molecule has 0 unspecified atom stereocenters. The molecule has 9 nitrogen and oxygen atoms in total. The lowest BCUT2D eigenvalue weighted by molar-refractivity contribution is 0.343. The number of hydrogen-bond acceptors (Lipinski definition) is 5. The highest BCUT2D eigenvalue weighted by atomic mass is 31.2. The molecule has 0 aliphatic heterocycles. The molecule has 0 atom stereocenters. The fourth-order valence-electron chi connectivity index (χ4n) is 1.08. The van der Waals surface area contributed by atoms with E-state index in [9.17, 15) is 9.13 Å². The molecule has 0 aliphatic rings. The summed E-state index contributed by atoms with van der Waals surface area (Å²) in [5.41, 5.74) is -2.33. The number of pyridine rings is 1. The maximum Gasteiger partial charge on any atom is 0.360 e. The summed E-state index contributed by atoms with van der Waals surface area (Å²) in [4.78, 5) is 39.2. The molecule has 1 aromatic rings. The summed E-state index contributed by atoms with van der Waals surface area (Å²) in [7, 11) is -8.65. The fourth-order valence-corrected chi connectivity index (χ4v) is 3.25. The predicted octanol–water partition coefficient (Wildman–Crippen LogP) is 0.141. The normalized spacial score (nSPS) is 12.6. The average molecular weight is 298 g/mol. The monoisotopic (exact) mass is 298 g/mol. The van der Waals surface area contributed by atoms with E-state index in [0.29, 0.717) is 5.75 Å². The van der Waals surface area contributed by atoms with Crippen molar-refractivity contribution in [2.45, 2.75) is 5.52 Å². The van der Waals surface area contributed by atoms with Crippen molar-refractivity contribution in [2.75, 3.05) is 12.4 Å². The van der Waals surface area contributed by atoms with Crippen LogP contribution in [-0.4, -0.2) is 37.2 Å². The van der Waals surface area contributed by atoms with Crippen molar-refractivity contribution in [2.24, 2.45) is 0 Å². The number of rotatable bonds is 5. The maximum absolute atomic E-state index is 11.0. The predicted molar refractivity (Wildman–Crippen MR) is 62.3 cm³/mol. The first-order valence-electron chi connectivity index (χ1n) is 4.51. The Morgan fingerprint density at radius 2 is 1.78 bits per heavy atom. The summed E-state index contributed by atoms with van der Waals surface area (Å²) in [6, 6.07) is 2.70. The zero-order valence-electron chi connectivity index (χ0n) is 9.16. The smallest absolute Gasteiger partial charge is 0.360 e. The second-order valence-electron chi connectivity index (χ2n) is 3.28. The van der Waals surface area contributed by atoms with E-state index in [1.54, 1.807) is 0 Å². The highest BCUT2D eigenvalue weighted by molar-refractivity contribution is 7.71. The van der Waals surface area contributed by atoms with Crippen LogP contribution in [0.4, 0.5) is 5.82 Å². The number of methoxy groups -OCH3 is 1. The van der Waals surface area contributed by atoms with Gasteiger partial charge in [-0.25, -0.2) is 4.98 Å². The lowest BCUT2D eigenvalue weighted by Crippen LogP contribution is -2.20. The third kappa shape index (κ3) is 4.06. The topological polar surface area (TPSA) is 149 Å². The van der Waals surface area contributed by atoms with Gasteiger partial charge >= 0.3 is 15.2 Å². The highest BCUT2D eigenvalue weighted by Crippen LogP contribution is 2.59. The lowest BCUT2D eigenvalue weighted by Gasteiger charge is -2.21. The van der Waals surface area contributed by atoms with Gasteiger partial charge in [-0.3, -0.25) is 9.13 Å². The van der Waals surface area contributed by atoms with Crippen LogP contribution in [0.1, 0.15) is 0 Å². The average Bonchev–Trinajstić information content (AvgIpc) is 2.23. The fraction of sp³-hybridized carbons (Fsp3) is 0.286. The Bertz CT molecular complexity index is 471. The van der Waals surface area contributed by atoms with Crippen LogP contribution >= 0.6 is 15.2 Å².